The van der Waals surface area contributed by atoms with Gasteiger partial charge in [-0.15, -0.1) is 0 Å². The van der Waals surface area contributed by atoms with Crippen molar-refractivity contribution in [1.29, 1.82) is 0 Å². The Bertz CT molecular complexity index is 711. The molecular weight excluding hydrogens is 294 g/mol. The lowest BCUT2D eigenvalue weighted by Crippen LogP contribution is -2.40. The Morgan fingerprint density at radius 3 is 2.54 bits per heavy atom. The molecule has 0 saturated heterocycles. The second-order valence-electron chi connectivity index (χ2n) is 7.84. The maximum atomic E-state index is 9.49. The molecule has 0 unspecified atom stereocenters. The molecule has 2 aromatic carbocycles. The van der Waals surface area contributed by atoms with Gasteiger partial charge in [-0.3, -0.25) is 0 Å². The third-order valence-electron chi connectivity index (χ3n) is 6.16. The quantitative estimate of drug-likeness (QED) is 0.900. The standard InChI is InChI=1S/C22H27NO/c23-22(15-24)11-10-21(14-22)20-9-8-18-12-17(6-7-19(18)13-20)16-4-2-1-3-5-16/h1-5,8-9,13,17,21,24H,6-7,10-12,14-15,23H2/t17-,21-,22+/m0/s1. The molecule has 3 N–H and O–H groups in total. The molecule has 2 aromatic rings. The number of hydrogen-bond acceptors (Lipinski definition) is 2. The van der Waals surface area contributed by atoms with E-state index in [2.05, 4.69) is 48.5 Å². The topological polar surface area (TPSA) is 46.2 Å². The second-order valence-corrected chi connectivity index (χ2v) is 7.84. The highest BCUT2D eigenvalue weighted by Crippen LogP contribution is 2.41. The molecule has 2 aliphatic carbocycles. The zero-order valence-electron chi connectivity index (χ0n) is 14.2. The Morgan fingerprint density at radius 1 is 0.958 bits per heavy atom. The van der Waals surface area contributed by atoms with Gasteiger partial charge in [-0.25, -0.2) is 0 Å². The molecule has 0 spiro atoms. The van der Waals surface area contributed by atoms with Gasteiger partial charge in [0.15, 0.2) is 0 Å². The van der Waals surface area contributed by atoms with Gasteiger partial charge in [-0.05, 0) is 72.6 Å². The van der Waals surface area contributed by atoms with E-state index in [1.54, 1.807) is 0 Å². The highest BCUT2D eigenvalue weighted by atomic mass is 16.3. The smallest absolute Gasteiger partial charge is 0.0611 e. The Morgan fingerprint density at radius 2 is 1.79 bits per heavy atom. The fourth-order valence-electron chi connectivity index (χ4n) is 4.62. The van der Waals surface area contributed by atoms with Crippen LogP contribution in [0.4, 0.5) is 0 Å². The summed E-state index contributed by atoms with van der Waals surface area (Å²) in [6, 6.07) is 18.0. The van der Waals surface area contributed by atoms with Crippen LogP contribution in [0, 0.1) is 0 Å². The molecule has 2 heteroatoms. The molecule has 2 aliphatic rings. The van der Waals surface area contributed by atoms with Crippen molar-refractivity contribution in [3.05, 3.63) is 70.8 Å². The zero-order chi connectivity index (χ0) is 16.6. The van der Waals surface area contributed by atoms with Gasteiger partial charge in [-0.2, -0.15) is 0 Å². The van der Waals surface area contributed by atoms with Crippen molar-refractivity contribution in [2.24, 2.45) is 5.73 Å². The molecule has 0 bridgehead atoms. The van der Waals surface area contributed by atoms with E-state index < -0.39 is 0 Å². The van der Waals surface area contributed by atoms with Crippen molar-refractivity contribution in [3.8, 4) is 0 Å². The highest BCUT2D eigenvalue weighted by molar-refractivity contribution is 5.38. The van der Waals surface area contributed by atoms with Crippen LogP contribution >= 0.6 is 0 Å². The summed E-state index contributed by atoms with van der Waals surface area (Å²) in [5.74, 6) is 1.17. The fourth-order valence-corrected chi connectivity index (χ4v) is 4.62. The largest absolute Gasteiger partial charge is 0.394 e. The van der Waals surface area contributed by atoms with Gasteiger partial charge < -0.3 is 10.8 Å². The lowest BCUT2D eigenvalue weighted by molar-refractivity contribution is 0.198. The molecule has 0 heterocycles. The summed E-state index contributed by atoms with van der Waals surface area (Å²) in [6.45, 7) is 0.104. The summed E-state index contributed by atoms with van der Waals surface area (Å²) in [5, 5.41) is 9.49. The minimum atomic E-state index is -0.362. The monoisotopic (exact) mass is 321 g/mol. The number of nitrogens with two attached hydrogens (primary N) is 1. The van der Waals surface area contributed by atoms with Gasteiger partial charge in [0.05, 0.1) is 6.61 Å². The minimum Gasteiger partial charge on any atom is -0.394 e. The number of benzene rings is 2. The Kier molecular flexibility index (Phi) is 4.19. The van der Waals surface area contributed by atoms with Gasteiger partial charge in [0, 0.05) is 5.54 Å². The molecule has 0 aliphatic heterocycles. The van der Waals surface area contributed by atoms with Crippen LogP contribution in [0.3, 0.4) is 0 Å². The second kappa shape index (κ2) is 6.34. The van der Waals surface area contributed by atoms with Crippen molar-refractivity contribution < 1.29 is 5.11 Å². The Labute approximate surface area is 144 Å². The number of hydrogen-bond donors (Lipinski definition) is 2. The molecule has 1 saturated carbocycles. The summed E-state index contributed by atoms with van der Waals surface area (Å²) in [6.07, 6.45) is 6.51. The van der Waals surface area contributed by atoms with E-state index in [0.717, 1.165) is 25.7 Å². The molecule has 1 fully saturated rings. The molecule has 2 nitrogen and oxygen atoms in total. The summed E-state index contributed by atoms with van der Waals surface area (Å²) in [5.41, 5.74) is 11.8. The van der Waals surface area contributed by atoms with Crippen molar-refractivity contribution >= 4 is 0 Å². The zero-order valence-corrected chi connectivity index (χ0v) is 14.2. The van der Waals surface area contributed by atoms with Crippen molar-refractivity contribution in [3.63, 3.8) is 0 Å². The van der Waals surface area contributed by atoms with Gasteiger partial charge in [0.25, 0.3) is 0 Å². The highest BCUT2D eigenvalue weighted by Gasteiger charge is 2.36. The van der Waals surface area contributed by atoms with Crippen molar-refractivity contribution in [2.75, 3.05) is 6.61 Å². The first kappa shape index (κ1) is 15.9. The Balaban J connectivity index is 1.52. The van der Waals surface area contributed by atoms with E-state index in [-0.39, 0.29) is 12.1 Å². The normalized spacial score (nSPS) is 29.4. The number of aliphatic hydroxyl groups excluding tert-OH is 1. The maximum Gasteiger partial charge on any atom is 0.0611 e. The SMILES string of the molecule is N[C@]1(CO)CC[C@H](c2ccc3c(c2)CC[C@H](c2ccccc2)C3)C1. The van der Waals surface area contributed by atoms with Crippen LogP contribution in [-0.2, 0) is 12.8 Å². The third kappa shape index (κ3) is 3.01. The molecule has 0 aromatic heterocycles. The molecule has 0 amide bonds. The lowest BCUT2D eigenvalue weighted by atomic mass is 9.79. The van der Waals surface area contributed by atoms with E-state index in [1.165, 1.54) is 35.1 Å². The van der Waals surface area contributed by atoms with Crippen LogP contribution in [-0.4, -0.2) is 17.3 Å². The van der Waals surface area contributed by atoms with Crippen LogP contribution in [0.2, 0.25) is 0 Å². The number of aliphatic hydroxyl groups is 1. The first-order chi connectivity index (χ1) is 11.7. The van der Waals surface area contributed by atoms with Crippen molar-refractivity contribution in [2.45, 2.75) is 55.9 Å². The molecular formula is C22H27NO. The molecule has 3 atom stereocenters. The summed E-state index contributed by atoms with van der Waals surface area (Å²) in [7, 11) is 0. The third-order valence-corrected chi connectivity index (χ3v) is 6.16. The van der Waals surface area contributed by atoms with Gasteiger partial charge in [0.2, 0.25) is 0 Å². The van der Waals surface area contributed by atoms with E-state index in [0.29, 0.717) is 11.8 Å². The van der Waals surface area contributed by atoms with Crippen LogP contribution in [0.5, 0.6) is 0 Å². The molecule has 126 valence electrons. The molecule has 0 radical (unpaired) electrons. The Hall–Kier alpha value is -1.64. The average Bonchev–Trinajstić information content (AvgIpc) is 3.04. The number of aryl methyl sites for hydroxylation is 1. The van der Waals surface area contributed by atoms with E-state index in [4.69, 9.17) is 5.73 Å². The lowest BCUT2D eigenvalue weighted by Gasteiger charge is -2.26. The van der Waals surface area contributed by atoms with E-state index in [1.807, 2.05) is 0 Å². The predicted molar refractivity (Wildman–Crippen MR) is 98.2 cm³/mol. The maximum absolute atomic E-state index is 9.49. The van der Waals surface area contributed by atoms with Crippen molar-refractivity contribution in [1.82, 2.24) is 0 Å². The first-order valence-corrected chi connectivity index (χ1v) is 9.23. The predicted octanol–water partition coefficient (Wildman–Crippen LogP) is 3.92. The van der Waals surface area contributed by atoms with Crippen LogP contribution in [0.25, 0.3) is 0 Å². The average molecular weight is 321 g/mol. The summed E-state index contributed by atoms with van der Waals surface area (Å²) in [4.78, 5) is 0. The van der Waals surface area contributed by atoms with E-state index in [9.17, 15) is 5.11 Å². The van der Waals surface area contributed by atoms with Crippen LogP contribution in [0.1, 0.15) is 59.8 Å². The van der Waals surface area contributed by atoms with Gasteiger partial charge in [-0.1, -0.05) is 48.5 Å². The van der Waals surface area contributed by atoms with Gasteiger partial charge in [0.1, 0.15) is 0 Å². The van der Waals surface area contributed by atoms with Gasteiger partial charge >= 0.3 is 0 Å². The summed E-state index contributed by atoms with van der Waals surface area (Å²) < 4.78 is 0. The number of fused-ring (bicyclic) bond motifs is 1. The first-order valence-electron chi connectivity index (χ1n) is 9.23. The fraction of sp³-hybridized carbons (Fsp3) is 0.455. The minimum absolute atomic E-state index is 0.104. The number of rotatable bonds is 3. The summed E-state index contributed by atoms with van der Waals surface area (Å²) >= 11 is 0. The van der Waals surface area contributed by atoms with E-state index >= 15 is 0 Å². The molecule has 4 rings (SSSR count). The van der Waals surface area contributed by atoms with Crippen LogP contribution < -0.4 is 5.73 Å². The molecule has 24 heavy (non-hydrogen) atoms. The van der Waals surface area contributed by atoms with Crippen LogP contribution in [0.15, 0.2) is 48.5 Å².